The zero-order chi connectivity index (χ0) is 10.2. The van der Waals surface area contributed by atoms with E-state index in [9.17, 15) is 0 Å². The average Bonchev–Trinajstić information content (AvgIpc) is 2.63. The summed E-state index contributed by atoms with van der Waals surface area (Å²) in [4.78, 5) is 0. The molecular weight excluding hydrogens is 182 g/mol. The first-order chi connectivity index (χ1) is 6.88. The molecule has 0 radical (unpaired) electrons. The van der Waals surface area contributed by atoms with Gasteiger partial charge in [-0.05, 0) is 23.9 Å². The summed E-state index contributed by atoms with van der Waals surface area (Å²) in [5.41, 5.74) is 0. The van der Waals surface area contributed by atoms with Crippen molar-refractivity contribution in [1.82, 2.24) is 25.5 Å². The van der Waals surface area contributed by atoms with Crippen molar-refractivity contribution in [3.8, 4) is 0 Å². The number of tetrazole rings is 1. The van der Waals surface area contributed by atoms with Crippen molar-refractivity contribution < 1.29 is 4.74 Å². The fourth-order valence-electron chi connectivity index (χ4n) is 1.06. The summed E-state index contributed by atoms with van der Waals surface area (Å²) in [6, 6.07) is 0. The third kappa shape index (κ3) is 3.39. The molecule has 6 nitrogen and oxygen atoms in total. The highest BCUT2D eigenvalue weighted by atomic mass is 16.5. The standard InChI is InChI=1S/C8H17N5O/c1-3-9-7-8-10-11-12-13(8)5-6-14-4-2/h9H,3-7H2,1-2H3. The Morgan fingerprint density at radius 3 is 3.00 bits per heavy atom. The number of ether oxygens (including phenoxy) is 1. The number of nitrogens with zero attached hydrogens (tertiary/aromatic N) is 4. The van der Waals surface area contributed by atoms with Gasteiger partial charge >= 0.3 is 0 Å². The van der Waals surface area contributed by atoms with Gasteiger partial charge in [0.2, 0.25) is 0 Å². The van der Waals surface area contributed by atoms with Crippen LogP contribution >= 0.6 is 0 Å². The second kappa shape index (κ2) is 6.44. The van der Waals surface area contributed by atoms with E-state index in [2.05, 4.69) is 20.8 Å². The van der Waals surface area contributed by atoms with E-state index < -0.39 is 0 Å². The average molecular weight is 199 g/mol. The molecule has 0 fully saturated rings. The van der Waals surface area contributed by atoms with Crippen LogP contribution in [0.25, 0.3) is 0 Å². The van der Waals surface area contributed by atoms with Crippen LogP contribution < -0.4 is 5.32 Å². The third-order valence-corrected chi connectivity index (χ3v) is 1.79. The van der Waals surface area contributed by atoms with Gasteiger partial charge in [-0.2, -0.15) is 0 Å². The van der Waals surface area contributed by atoms with Gasteiger partial charge in [0.25, 0.3) is 0 Å². The molecule has 1 rings (SSSR count). The molecule has 0 atom stereocenters. The quantitative estimate of drug-likeness (QED) is 0.617. The van der Waals surface area contributed by atoms with Crippen LogP contribution in [0, 0.1) is 0 Å². The molecule has 0 aromatic carbocycles. The lowest BCUT2D eigenvalue weighted by atomic mass is 10.5. The molecule has 0 amide bonds. The Hall–Kier alpha value is -1.01. The Morgan fingerprint density at radius 2 is 2.29 bits per heavy atom. The summed E-state index contributed by atoms with van der Waals surface area (Å²) in [6.45, 7) is 7.73. The first-order valence-electron chi connectivity index (χ1n) is 4.92. The van der Waals surface area contributed by atoms with E-state index in [4.69, 9.17) is 4.74 Å². The summed E-state index contributed by atoms with van der Waals surface area (Å²) in [7, 11) is 0. The molecule has 0 unspecified atom stereocenters. The molecule has 0 saturated carbocycles. The van der Waals surface area contributed by atoms with Crippen LogP contribution in [0.5, 0.6) is 0 Å². The zero-order valence-corrected chi connectivity index (χ0v) is 8.73. The molecule has 0 aliphatic rings. The largest absolute Gasteiger partial charge is 0.380 e. The highest BCUT2D eigenvalue weighted by Crippen LogP contribution is 1.91. The minimum Gasteiger partial charge on any atom is -0.380 e. The zero-order valence-electron chi connectivity index (χ0n) is 8.73. The van der Waals surface area contributed by atoms with Crippen LogP contribution in [-0.2, 0) is 17.8 Å². The Morgan fingerprint density at radius 1 is 1.43 bits per heavy atom. The van der Waals surface area contributed by atoms with Gasteiger partial charge in [0.15, 0.2) is 5.82 Å². The van der Waals surface area contributed by atoms with Gasteiger partial charge in [-0.3, -0.25) is 0 Å². The molecular formula is C8H17N5O. The highest BCUT2D eigenvalue weighted by molar-refractivity contribution is 4.79. The number of hydrogen-bond donors (Lipinski definition) is 1. The lowest BCUT2D eigenvalue weighted by Crippen LogP contribution is -2.18. The Labute approximate surface area is 83.6 Å². The van der Waals surface area contributed by atoms with E-state index in [1.807, 2.05) is 13.8 Å². The topological polar surface area (TPSA) is 64.9 Å². The van der Waals surface area contributed by atoms with E-state index in [-0.39, 0.29) is 0 Å². The Kier molecular flexibility index (Phi) is 5.09. The second-order valence-corrected chi connectivity index (χ2v) is 2.80. The van der Waals surface area contributed by atoms with Crippen molar-refractivity contribution in [2.75, 3.05) is 19.8 Å². The van der Waals surface area contributed by atoms with Crippen LogP contribution in [0.15, 0.2) is 0 Å². The molecule has 0 aliphatic carbocycles. The van der Waals surface area contributed by atoms with Crippen LogP contribution in [0.3, 0.4) is 0 Å². The number of nitrogens with one attached hydrogen (secondary N) is 1. The smallest absolute Gasteiger partial charge is 0.165 e. The first-order valence-corrected chi connectivity index (χ1v) is 4.92. The van der Waals surface area contributed by atoms with Crippen LogP contribution in [0.1, 0.15) is 19.7 Å². The van der Waals surface area contributed by atoms with Gasteiger partial charge in [0.1, 0.15) is 0 Å². The van der Waals surface area contributed by atoms with Crippen molar-refractivity contribution >= 4 is 0 Å². The Bertz CT molecular complexity index is 250. The van der Waals surface area contributed by atoms with Crippen molar-refractivity contribution in [2.24, 2.45) is 0 Å². The van der Waals surface area contributed by atoms with E-state index in [0.717, 1.165) is 19.0 Å². The molecule has 0 saturated heterocycles. The third-order valence-electron chi connectivity index (χ3n) is 1.79. The van der Waals surface area contributed by atoms with E-state index in [1.54, 1.807) is 4.68 Å². The molecule has 1 aromatic heterocycles. The van der Waals surface area contributed by atoms with Crippen LogP contribution in [-0.4, -0.2) is 40.0 Å². The van der Waals surface area contributed by atoms with Gasteiger partial charge in [-0.1, -0.05) is 6.92 Å². The molecule has 0 bridgehead atoms. The Balaban J connectivity index is 2.37. The van der Waals surface area contributed by atoms with Gasteiger partial charge in [-0.15, -0.1) is 5.10 Å². The minimum absolute atomic E-state index is 0.653. The summed E-state index contributed by atoms with van der Waals surface area (Å²) in [5, 5.41) is 14.6. The summed E-state index contributed by atoms with van der Waals surface area (Å²) < 4.78 is 6.99. The van der Waals surface area contributed by atoms with E-state index in [1.165, 1.54) is 0 Å². The maximum Gasteiger partial charge on any atom is 0.165 e. The maximum atomic E-state index is 5.23. The summed E-state index contributed by atoms with van der Waals surface area (Å²) in [5.74, 6) is 0.853. The number of aromatic nitrogens is 4. The van der Waals surface area contributed by atoms with Crippen molar-refractivity contribution in [2.45, 2.75) is 26.9 Å². The molecule has 14 heavy (non-hydrogen) atoms. The maximum absolute atomic E-state index is 5.23. The molecule has 1 heterocycles. The molecule has 1 aromatic rings. The fourth-order valence-corrected chi connectivity index (χ4v) is 1.06. The summed E-state index contributed by atoms with van der Waals surface area (Å²) in [6.07, 6.45) is 0. The SMILES string of the molecule is CCNCc1nnnn1CCOCC. The normalized spacial score (nSPS) is 10.7. The second-order valence-electron chi connectivity index (χ2n) is 2.80. The van der Waals surface area contributed by atoms with E-state index in [0.29, 0.717) is 19.7 Å². The van der Waals surface area contributed by atoms with Gasteiger partial charge in [0, 0.05) is 6.61 Å². The number of rotatable bonds is 7. The lowest BCUT2D eigenvalue weighted by Gasteiger charge is -2.04. The lowest BCUT2D eigenvalue weighted by molar-refractivity contribution is 0.135. The molecule has 0 spiro atoms. The first kappa shape index (κ1) is 11.1. The van der Waals surface area contributed by atoms with Gasteiger partial charge in [0.05, 0.1) is 19.7 Å². The minimum atomic E-state index is 0.653. The van der Waals surface area contributed by atoms with E-state index >= 15 is 0 Å². The van der Waals surface area contributed by atoms with Crippen molar-refractivity contribution in [1.29, 1.82) is 0 Å². The predicted molar refractivity (Wildman–Crippen MR) is 51.7 cm³/mol. The van der Waals surface area contributed by atoms with Crippen molar-refractivity contribution in [3.05, 3.63) is 5.82 Å². The number of hydrogen-bond acceptors (Lipinski definition) is 5. The summed E-state index contributed by atoms with van der Waals surface area (Å²) >= 11 is 0. The van der Waals surface area contributed by atoms with Gasteiger partial charge in [-0.25, -0.2) is 4.68 Å². The van der Waals surface area contributed by atoms with Gasteiger partial charge < -0.3 is 10.1 Å². The fraction of sp³-hybridized carbons (Fsp3) is 0.875. The monoisotopic (exact) mass is 199 g/mol. The predicted octanol–water partition coefficient (Wildman–Crippen LogP) is -0.181. The molecule has 6 heteroatoms. The molecule has 1 N–H and O–H groups in total. The highest BCUT2D eigenvalue weighted by Gasteiger charge is 2.03. The molecule has 80 valence electrons. The molecule has 0 aliphatic heterocycles. The van der Waals surface area contributed by atoms with Crippen LogP contribution in [0.4, 0.5) is 0 Å². The van der Waals surface area contributed by atoms with Crippen LogP contribution in [0.2, 0.25) is 0 Å². The van der Waals surface area contributed by atoms with Crippen molar-refractivity contribution in [3.63, 3.8) is 0 Å².